The summed E-state index contributed by atoms with van der Waals surface area (Å²) in [6.45, 7) is 4.31. The van der Waals surface area contributed by atoms with Gasteiger partial charge in [-0.1, -0.05) is 37.6 Å². The molecule has 4 nitrogen and oxygen atoms in total. The molecule has 3 rings (SSSR count). The number of piperazine rings is 1. The minimum Gasteiger partial charge on any atom is -0.484 e. The Morgan fingerprint density at radius 1 is 1.00 bits per heavy atom. The fourth-order valence-electron chi connectivity index (χ4n) is 3.42. The van der Waals surface area contributed by atoms with Crippen LogP contribution >= 0.6 is 11.6 Å². The molecule has 1 heterocycles. The van der Waals surface area contributed by atoms with Gasteiger partial charge in [-0.15, -0.1) is 0 Å². The lowest BCUT2D eigenvalue weighted by Gasteiger charge is -2.36. The number of hydrogen-bond acceptors (Lipinski definition) is 3. The van der Waals surface area contributed by atoms with E-state index in [1.54, 1.807) is 0 Å². The summed E-state index contributed by atoms with van der Waals surface area (Å²) < 4.78 is 61.3. The van der Waals surface area contributed by atoms with Gasteiger partial charge in [0.25, 0.3) is 5.91 Å². The van der Waals surface area contributed by atoms with Crippen molar-refractivity contribution in [3.8, 4) is 5.75 Å². The van der Waals surface area contributed by atoms with Crippen molar-refractivity contribution in [2.24, 2.45) is 0 Å². The Kier molecular flexibility index (Phi) is 7.30. The number of rotatable bonds is 6. The fraction of sp³-hybridized carbons (Fsp3) is 0.409. The molecule has 2 aromatic rings. The molecule has 1 aliphatic heterocycles. The first-order valence-electron chi connectivity index (χ1n) is 10.0. The molecule has 168 valence electrons. The second-order valence-corrected chi connectivity index (χ2v) is 7.83. The van der Waals surface area contributed by atoms with E-state index in [0.717, 1.165) is 11.3 Å². The minimum absolute atomic E-state index is 0.00367. The molecule has 1 atom stereocenters. The zero-order chi connectivity index (χ0) is 22.7. The zero-order valence-electron chi connectivity index (χ0n) is 17.2. The fourth-order valence-corrected chi connectivity index (χ4v) is 3.58. The molecule has 1 amide bonds. The van der Waals surface area contributed by atoms with Gasteiger partial charge >= 0.3 is 0 Å². The molecule has 1 fully saturated rings. The molecule has 1 saturated heterocycles. The van der Waals surface area contributed by atoms with E-state index in [-0.39, 0.29) is 38.7 Å². The van der Waals surface area contributed by atoms with Crippen molar-refractivity contribution in [2.75, 3.05) is 37.7 Å². The largest absolute Gasteiger partial charge is 0.484 e. The number of benzene rings is 2. The number of halogens is 5. The summed E-state index contributed by atoms with van der Waals surface area (Å²) in [5.74, 6) is -5.66. The van der Waals surface area contributed by atoms with Gasteiger partial charge < -0.3 is 14.5 Å². The van der Waals surface area contributed by atoms with E-state index in [2.05, 4.69) is 13.8 Å². The van der Waals surface area contributed by atoms with Gasteiger partial charge in [-0.05, 0) is 30.0 Å². The van der Waals surface area contributed by atoms with E-state index in [1.165, 1.54) is 10.5 Å². The van der Waals surface area contributed by atoms with Crippen molar-refractivity contribution in [1.29, 1.82) is 0 Å². The lowest BCUT2D eigenvalue weighted by atomic mass is 9.99. The van der Waals surface area contributed by atoms with Crippen LogP contribution in [0.4, 0.5) is 23.2 Å². The zero-order valence-corrected chi connectivity index (χ0v) is 18.0. The highest BCUT2D eigenvalue weighted by Crippen LogP contribution is 2.34. The van der Waals surface area contributed by atoms with Crippen LogP contribution in [0.15, 0.2) is 24.3 Å². The van der Waals surface area contributed by atoms with Crippen molar-refractivity contribution in [2.45, 2.75) is 26.2 Å². The van der Waals surface area contributed by atoms with Gasteiger partial charge in [0.05, 0.1) is 0 Å². The van der Waals surface area contributed by atoms with E-state index in [9.17, 15) is 22.4 Å². The second-order valence-electron chi connectivity index (χ2n) is 7.45. The molecule has 31 heavy (non-hydrogen) atoms. The van der Waals surface area contributed by atoms with Crippen LogP contribution in [-0.2, 0) is 4.79 Å². The Bertz CT molecular complexity index is 919. The van der Waals surface area contributed by atoms with Crippen molar-refractivity contribution < 1.29 is 27.1 Å². The third-order valence-corrected chi connectivity index (χ3v) is 5.89. The van der Waals surface area contributed by atoms with Gasteiger partial charge in [-0.3, -0.25) is 4.79 Å². The minimum atomic E-state index is -1.64. The summed E-state index contributed by atoms with van der Waals surface area (Å²) in [4.78, 5) is 15.1. The highest BCUT2D eigenvalue weighted by molar-refractivity contribution is 6.31. The number of anilines is 1. The lowest BCUT2D eigenvalue weighted by molar-refractivity contribution is -0.133. The molecule has 0 bridgehead atoms. The molecule has 0 aliphatic carbocycles. The third-order valence-electron chi connectivity index (χ3n) is 5.56. The number of carbonyl (C=O) groups is 1. The monoisotopic (exact) mass is 458 g/mol. The molecule has 0 aromatic heterocycles. The Labute approximate surface area is 183 Å². The maximum absolute atomic E-state index is 14.1. The summed E-state index contributed by atoms with van der Waals surface area (Å²) in [6, 6.07) is 7.53. The van der Waals surface area contributed by atoms with Crippen LogP contribution < -0.4 is 9.64 Å². The molecule has 0 radical (unpaired) electrons. The van der Waals surface area contributed by atoms with Crippen LogP contribution in [0, 0.1) is 23.3 Å². The normalized spacial score (nSPS) is 15.2. The quantitative estimate of drug-likeness (QED) is 0.341. The van der Waals surface area contributed by atoms with E-state index in [1.807, 2.05) is 24.3 Å². The Morgan fingerprint density at radius 3 is 2.06 bits per heavy atom. The average Bonchev–Trinajstić information content (AvgIpc) is 2.80. The Hall–Kier alpha value is -2.48. The van der Waals surface area contributed by atoms with Gasteiger partial charge in [0.1, 0.15) is 16.5 Å². The molecule has 0 saturated carbocycles. The first-order valence-corrected chi connectivity index (χ1v) is 10.4. The molecule has 2 aromatic carbocycles. The van der Waals surface area contributed by atoms with Crippen LogP contribution in [0.2, 0.25) is 5.02 Å². The summed E-state index contributed by atoms with van der Waals surface area (Å²) in [5.41, 5.74) is 0.371. The third kappa shape index (κ3) is 4.89. The molecule has 9 heteroatoms. The standard InChI is InChI=1S/C22H23ClF4N2O2/c1-3-13(2)14-4-6-15(7-5-14)31-12-16(30)28-8-10-29(11-9-28)22-20(26)18(24)17(23)19(25)21(22)27/h4-7,13H,3,8-12H2,1-2H3. The van der Waals surface area contributed by atoms with Crippen molar-refractivity contribution in [3.05, 3.63) is 58.1 Å². The van der Waals surface area contributed by atoms with E-state index in [0.29, 0.717) is 11.7 Å². The van der Waals surface area contributed by atoms with Gasteiger partial charge in [0, 0.05) is 26.2 Å². The van der Waals surface area contributed by atoms with Crippen LogP contribution in [-0.4, -0.2) is 43.6 Å². The van der Waals surface area contributed by atoms with Crippen LogP contribution in [0.1, 0.15) is 31.7 Å². The number of amides is 1. The van der Waals surface area contributed by atoms with E-state index >= 15 is 0 Å². The van der Waals surface area contributed by atoms with Crippen LogP contribution in [0.25, 0.3) is 0 Å². The summed E-state index contributed by atoms with van der Waals surface area (Å²) in [6.07, 6.45) is 1.02. The van der Waals surface area contributed by atoms with Crippen molar-refractivity contribution in [3.63, 3.8) is 0 Å². The maximum atomic E-state index is 14.1. The van der Waals surface area contributed by atoms with Gasteiger partial charge in [0.2, 0.25) is 0 Å². The second kappa shape index (κ2) is 9.77. The predicted molar refractivity (Wildman–Crippen MR) is 111 cm³/mol. The molecule has 1 unspecified atom stereocenters. The highest BCUT2D eigenvalue weighted by atomic mass is 35.5. The summed E-state index contributed by atoms with van der Waals surface area (Å²) in [7, 11) is 0. The van der Waals surface area contributed by atoms with Crippen molar-refractivity contribution >= 4 is 23.2 Å². The van der Waals surface area contributed by atoms with Crippen molar-refractivity contribution in [1.82, 2.24) is 4.90 Å². The number of ether oxygens (including phenoxy) is 1. The maximum Gasteiger partial charge on any atom is 0.260 e. The van der Waals surface area contributed by atoms with Gasteiger partial charge in [0.15, 0.2) is 29.9 Å². The topological polar surface area (TPSA) is 32.8 Å². The van der Waals surface area contributed by atoms with Crippen LogP contribution in [0.5, 0.6) is 5.75 Å². The molecule has 0 N–H and O–H groups in total. The molecule has 1 aliphatic rings. The molecular formula is C22H23ClF4N2O2. The van der Waals surface area contributed by atoms with E-state index < -0.39 is 34.0 Å². The molecular weight excluding hydrogens is 436 g/mol. The summed E-state index contributed by atoms with van der Waals surface area (Å²) in [5, 5.41) is -1.22. The Morgan fingerprint density at radius 2 is 1.55 bits per heavy atom. The number of carbonyl (C=O) groups excluding carboxylic acids is 1. The number of hydrogen-bond donors (Lipinski definition) is 0. The van der Waals surface area contributed by atoms with Gasteiger partial charge in [-0.2, -0.15) is 0 Å². The lowest BCUT2D eigenvalue weighted by Crippen LogP contribution is -2.50. The predicted octanol–water partition coefficient (Wildman–Crippen LogP) is 5.14. The first kappa shape index (κ1) is 23.2. The SMILES string of the molecule is CCC(C)c1ccc(OCC(=O)N2CCN(c3c(F)c(F)c(Cl)c(F)c3F)CC2)cc1. The first-order chi connectivity index (χ1) is 14.7. The highest BCUT2D eigenvalue weighted by Gasteiger charge is 2.30. The number of nitrogens with zero attached hydrogens (tertiary/aromatic N) is 2. The Balaban J connectivity index is 1.57. The van der Waals surface area contributed by atoms with Crippen LogP contribution in [0.3, 0.4) is 0 Å². The van der Waals surface area contributed by atoms with E-state index in [4.69, 9.17) is 16.3 Å². The van der Waals surface area contributed by atoms with Gasteiger partial charge in [-0.25, -0.2) is 17.6 Å². The smallest absolute Gasteiger partial charge is 0.260 e. The summed E-state index contributed by atoms with van der Waals surface area (Å²) >= 11 is 5.27. The average molecular weight is 459 g/mol. The molecule has 0 spiro atoms.